The molecule has 1 heterocycles. The lowest BCUT2D eigenvalue weighted by Crippen LogP contribution is -2.31. The Hall–Kier alpha value is -0.830. The molecule has 1 aliphatic carbocycles. The van der Waals surface area contributed by atoms with E-state index in [0.717, 1.165) is 19.5 Å². The van der Waals surface area contributed by atoms with E-state index in [1.807, 2.05) is 0 Å². The average molecular weight is 263 g/mol. The van der Waals surface area contributed by atoms with E-state index in [-0.39, 0.29) is 5.41 Å². The first-order valence-corrected chi connectivity index (χ1v) is 7.85. The topological polar surface area (TPSA) is 29.9 Å². The van der Waals surface area contributed by atoms with E-state index in [4.69, 9.17) is 5.10 Å². The molecule has 108 valence electrons. The zero-order valence-corrected chi connectivity index (χ0v) is 12.8. The van der Waals surface area contributed by atoms with Crippen molar-refractivity contribution < 1.29 is 0 Å². The molecule has 1 aliphatic rings. The maximum Gasteiger partial charge on any atom is 0.0630 e. The number of hydrogen-bond donors (Lipinski definition) is 1. The summed E-state index contributed by atoms with van der Waals surface area (Å²) in [6.07, 6.45) is 9.79. The monoisotopic (exact) mass is 263 g/mol. The van der Waals surface area contributed by atoms with Crippen LogP contribution in [-0.2, 0) is 6.42 Å². The molecule has 1 saturated carbocycles. The van der Waals surface area contributed by atoms with Crippen LogP contribution in [0.3, 0.4) is 0 Å². The van der Waals surface area contributed by atoms with Gasteiger partial charge in [-0.05, 0) is 43.7 Å². The summed E-state index contributed by atoms with van der Waals surface area (Å²) in [5.41, 5.74) is 1.53. The molecule has 3 nitrogen and oxygen atoms in total. The fraction of sp³-hybridized carbons (Fsp3) is 0.812. The minimum Gasteiger partial charge on any atom is -0.316 e. The van der Waals surface area contributed by atoms with Crippen LogP contribution in [0.5, 0.6) is 0 Å². The summed E-state index contributed by atoms with van der Waals surface area (Å²) in [7, 11) is 0. The lowest BCUT2D eigenvalue weighted by atomic mass is 9.88. The van der Waals surface area contributed by atoms with Gasteiger partial charge in [-0.3, -0.25) is 4.68 Å². The second-order valence-corrected chi connectivity index (χ2v) is 6.74. The molecular weight excluding hydrogens is 234 g/mol. The third-order valence-corrected chi connectivity index (χ3v) is 4.05. The minimum absolute atomic E-state index is 0.282. The predicted molar refractivity (Wildman–Crippen MR) is 80.4 cm³/mol. The number of rotatable bonds is 7. The van der Waals surface area contributed by atoms with Crippen molar-refractivity contribution in [2.24, 2.45) is 5.41 Å². The van der Waals surface area contributed by atoms with E-state index in [0.29, 0.717) is 6.04 Å². The van der Waals surface area contributed by atoms with Crippen LogP contribution in [0.4, 0.5) is 0 Å². The summed E-state index contributed by atoms with van der Waals surface area (Å²) < 4.78 is 2.21. The van der Waals surface area contributed by atoms with Crippen LogP contribution >= 0.6 is 0 Å². The Balaban J connectivity index is 1.87. The summed E-state index contributed by atoms with van der Waals surface area (Å²) in [5, 5.41) is 8.32. The summed E-state index contributed by atoms with van der Waals surface area (Å²) in [6, 6.07) is 2.87. The Bertz CT molecular complexity index is 375. The van der Waals surface area contributed by atoms with E-state index < -0.39 is 0 Å². The standard InChI is InChI=1S/C16H29N3/c1-4-10-17-13-16(2,3)12-14-9-11-19(18-14)15-7-5-6-8-15/h9,11,15,17H,4-8,10,12-13H2,1-3H3. The largest absolute Gasteiger partial charge is 0.316 e. The van der Waals surface area contributed by atoms with Crippen molar-refractivity contribution in [2.45, 2.75) is 65.3 Å². The molecule has 0 bridgehead atoms. The summed E-state index contributed by atoms with van der Waals surface area (Å²) >= 11 is 0. The molecule has 1 N–H and O–H groups in total. The maximum atomic E-state index is 4.79. The third-order valence-electron chi connectivity index (χ3n) is 4.05. The van der Waals surface area contributed by atoms with Gasteiger partial charge in [-0.2, -0.15) is 5.10 Å². The zero-order chi connectivity index (χ0) is 13.7. The molecule has 1 fully saturated rings. The second kappa shape index (κ2) is 6.56. The normalized spacial score (nSPS) is 17.2. The van der Waals surface area contributed by atoms with Gasteiger partial charge >= 0.3 is 0 Å². The molecule has 0 atom stereocenters. The highest BCUT2D eigenvalue weighted by Gasteiger charge is 2.21. The molecule has 2 rings (SSSR count). The molecule has 0 aliphatic heterocycles. The molecule has 0 unspecified atom stereocenters. The van der Waals surface area contributed by atoms with E-state index in [2.05, 4.69) is 43.0 Å². The average Bonchev–Trinajstić information content (AvgIpc) is 2.98. The highest BCUT2D eigenvalue weighted by Crippen LogP contribution is 2.29. The van der Waals surface area contributed by atoms with Crippen LogP contribution in [0, 0.1) is 5.41 Å². The zero-order valence-electron chi connectivity index (χ0n) is 12.8. The van der Waals surface area contributed by atoms with Crippen LogP contribution in [0.25, 0.3) is 0 Å². The van der Waals surface area contributed by atoms with Gasteiger partial charge in [0, 0.05) is 12.7 Å². The Morgan fingerprint density at radius 2 is 2.11 bits per heavy atom. The third kappa shape index (κ3) is 4.34. The molecule has 1 aromatic heterocycles. The first-order valence-electron chi connectivity index (χ1n) is 7.85. The van der Waals surface area contributed by atoms with Gasteiger partial charge in [-0.25, -0.2) is 0 Å². The number of hydrogen-bond acceptors (Lipinski definition) is 2. The van der Waals surface area contributed by atoms with Crippen molar-refractivity contribution in [1.82, 2.24) is 15.1 Å². The lowest BCUT2D eigenvalue weighted by molar-refractivity contribution is 0.332. The van der Waals surface area contributed by atoms with Crippen molar-refractivity contribution in [1.29, 1.82) is 0 Å². The number of aromatic nitrogens is 2. The number of nitrogens with zero attached hydrogens (tertiary/aromatic N) is 2. The summed E-state index contributed by atoms with van der Waals surface area (Å²) in [4.78, 5) is 0. The van der Waals surface area contributed by atoms with Crippen molar-refractivity contribution >= 4 is 0 Å². The van der Waals surface area contributed by atoms with Crippen molar-refractivity contribution in [2.75, 3.05) is 13.1 Å². The first kappa shape index (κ1) is 14.6. The predicted octanol–water partition coefficient (Wildman–Crippen LogP) is 3.57. The van der Waals surface area contributed by atoms with Crippen molar-refractivity contribution in [3.63, 3.8) is 0 Å². The molecule has 19 heavy (non-hydrogen) atoms. The molecule has 3 heteroatoms. The Kier molecular flexibility index (Phi) is 5.03. The van der Waals surface area contributed by atoms with Gasteiger partial charge in [0.25, 0.3) is 0 Å². The minimum atomic E-state index is 0.282. The van der Waals surface area contributed by atoms with E-state index in [1.165, 1.54) is 37.8 Å². The molecule has 0 spiro atoms. The molecule has 0 radical (unpaired) electrons. The fourth-order valence-corrected chi connectivity index (χ4v) is 3.00. The number of nitrogens with one attached hydrogen (secondary N) is 1. The van der Waals surface area contributed by atoms with E-state index in [1.54, 1.807) is 0 Å². The fourth-order valence-electron chi connectivity index (χ4n) is 3.00. The SMILES string of the molecule is CCCNCC(C)(C)Cc1ccn(C2CCCC2)n1. The Morgan fingerprint density at radius 3 is 2.79 bits per heavy atom. The van der Waals surface area contributed by atoms with Crippen LogP contribution in [0.15, 0.2) is 12.3 Å². The van der Waals surface area contributed by atoms with Crippen LogP contribution < -0.4 is 5.32 Å². The lowest BCUT2D eigenvalue weighted by Gasteiger charge is -2.24. The first-order chi connectivity index (χ1) is 9.11. The van der Waals surface area contributed by atoms with Crippen LogP contribution in [-0.4, -0.2) is 22.9 Å². The van der Waals surface area contributed by atoms with E-state index >= 15 is 0 Å². The van der Waals surface area contributed by atoms with Gasteiger partial charge in [0.2, 0.25) is 0 Å². The highest BCUT2D eigenvalue weighted by molar-refractivity contribution is 5.03. The van der Waals surface area contributed by atoms with Gasteiger partial charge in [-0.15, -0.1) is 0 Å². The summed E-state index contributed by atoms with van der Waals surface area (Å²) in [6.45, 7) is 9.04. The smallest absolute Gasteiger partial charge is 0.0630 e. The quantitative estimate of drug-likeness (QED) is 0.762. The highest BCUT2D eigenvalue weighted by atomic mass is 15.3. The molecule has 1 aromatic rings. The van der Waals surface area contributed by atoms with E-state index in [9.17, 15) is 0 Å². The van der Waals surface area contributed by atoms with Crippen LogP contribution in [0.1, 0.15) is 64.6 Å². The van der Waals surface area contributed by atoms with Gasteiger partial charge < -0.3 is 5.32 Å². The van der Waals surface area contributed by atoms with Crippen molar-refractivity contribution in [3.05, 3.63) is 18.0 Å². The summed E-state index contributed by atoms with van der Waals surface area (Å²) in [5.74, 6) is 0. The van der Waals surface area contributed by atoms with Gasteiger partial charge in [0.15, 0.2) is 0 Å². The van der Waals surface area contributed by atoms with Crippen LogP contribution in [0.2, 0.25) is 0 Å². The molecule has 0 amide bonds. The maximum absolute atomic E-state index is 4.79. The van der Waals surface area contributed by atoms with Gasteiger partial charge in [0.05, 0.1) is 11.7 Å². The Labute approximate surface area is 117 Å². The molecule has 0 saturated heterocycles. The van der Waals surface area contributed by atoms with Gasteiger partial charge in [0.1, 0.15) is 0 Å². The molecule has 0 aromatic carbocycles. The molecular formula is C16H29N3. The van der Waals surface area contributed by atoms with Crippen molar-refractivity contribution in [3.8, 4) is 0 Å². The van der Waals surface area contributed by atoms with Gasteiger partial charge in [-0.1, -0.05) is 33.6 Å². The Morgan fingerprint density at radius 1 is 1.37 bits per heavy atom. The second-order valence-electron chi connectivity index (χ2n) is 6.74.